The lowest BCUT2D eigenvalue weighted by Crippen LogP contribution is -2.53. The summed E-state index contributed by atoms with van der Waals surface area (Å²) in [4.78, 5) is 0. The van der Waals surface area contributed by atoms with Gasteiger partial charge < -0.3 is 4.74 Å². The number of rotatable bonds is 2. The summed E-state index contributed by atoms with van der Waals surface area (Å²) in [7, 11) is 3.66. The maximum absolute atomic E-state index is 10.5. The van der Waals surface area contributed by atoms with Gasteiger partial charge in [-0.1, -0.05) is 0 Å². The van der Waals surface area contributed by atoms with Crippen molar-refractivity contribution in [2.24, 2.45) is 0 Å². The van der Waals surface area contributed by atoms with E-state index in [1.807, 2.05) is 45.2 Å². The number of likely N-dealkylation sites (N-methyl/N-ethyl adjacent to an activating group) is 1. The molecule has 0 fully saturated rings. The molecule has 0 unspecified atom stereocenters. The van der Waals surface area contributed by atoms with Gasteiger partial charge in [-0.15, -0.1) is 5.06 Å². The highest BCUT2D eigenvalue weighted by Crippen LogP contribution is 2.36. The first kappa shape index (κ1) is 13.9. The lowest BCUT2D eigenvalue weighted by molar-refractivity contribution is -0.573. The van der Waals surface area contributed by atoms with Crippen molar-refractivity contribution >= 4 is 5.84 Å². The molecule has 0 saturated carbocycles. The molecule has 2 rings (SSSR count). The van der Waals surface area contributed by atoms with Crippen LogP contribution in [-0.4, -0.2) is 45.9 Å². The molecule has 0 bridgehead atoms. The molecule has 1 aromatic rings. The van der Waals surface area contributed by atoms with E-state index in [-0.39, 0.29) is 11.1 Å². The Morgan fingerprint density at radius 1 is 1.11 bits per heavy atom. The lowest BCUT2D eigenvalue weighted by Gasteiger charge is -2.31. The van der Waals surface area contributed by atoms with Gasteiger partial charge in [0.25, 0.3) is 0 Å². The first-order chi connectivity index (χ1) is 8.73. The Balaban J connectivity index is 2.52. The molecule has 104 valence electrons. The summed E-state index contributed by atoms with van der Waals surface area (Å²) < 4.78 is 7.29. The van der Waals surface area contributed by atoms with Crippen LogP contribution in [0.3, 0.4) is 0 Å². The van der Waals surface area contributed by atoms with Crippen molar-refractivity contribution < 1.29 is 14.5 Å². The van der Waals surface area contributed by atoms with Crippen molar-refractivity contribution in [1.82, 2.24) is 5.06 Å². The summed E-state index contributed by atoms with van der Waals surface area (Å²) >= 11 is 0. The largest absolute Gasteiger partial charge is 0.497 e. The van der Waals surface area contributed by atoms with Gasteiger partial charge in [-0.2, -0.15) is 0 Å². The quantitative estimate of drug-likeness (QED) is 0.832. The van der Waals surface area contributed by atoms with Crippen molar-refractivity contribution in [3.05, 3.63) is 29.8 Å². The second kappa shape index (κ2) is 4.23. The molecule has 0 aromatic heterocycles. The fraction of sp³-hybridized carbons (Fsp3) is 0.533. The summed E-state index contributed by atoms with van der Waals surface area (Å²) in [5.41, 5.74) is 0.443. The third-order valence-electron chi connectivity index (χ3n) is 4.73. The van der Waals surface area contributed by atoms with E-state index >= 15 is 0 Å². The standard InChI is InChI=1S/C15H23N2O2/c1-14(2)15(3,4)17(18)13(16(14)5)11-7-9-12(19-6)10-8-11/h7-10,18H,1-6H3/q+1. The number of amidine groups is 1. The molecule has 0 amide bonds. The van der Waals surface area contributed by atoms with Gasteiger partial charge in [0.1, 0.15) is 11.3 Å². The lowest BCUT2D eigenvalue weighted by atomic mass is 9.83. The SMILES string of the molecule is COc1ccc(C2=[N+](C)C(C)(C)C(C)(C)N2O)cc1. The molecule has 1 aliphatic rings. The molecule has 1 aliphatic heterocycles. The smallest absolute Gasteiger partial charge is 0.310 e. The molecular formula is C15H23N2O2+. The van der Waals surface area contributed by atoms with Crippen LogP contribution in [-0.2, 0) is 0 Å². The number of nitrogens with zero attached hydrogens (tertiary/aromatic N) is 2. The second-order valence-electron chi connectivity index (χ2n) is 6.04. The first-order valence-electron chi connectivity index (χ1n) is 6.48. The zero-order valence-corrected chi connectivity index (χ0v) is 12.6. The maximum Gasteiger partial charge on any atom is 0.310 e. The highest BCUT2D eigenvalue weighted by Gasteiger charge is 2.59. The molecule has 0 radical (unpaired) electrons. The van der Waals surface area contributed by atoms with Crippen LogP contribution in [0.25, 0.3) is 0 Å². The number of methoxy groups -OCH3 is 1. The molecule has 0 saturated heterocycles. The summed E-state index contributed by atoms with van der Waals surface area (Å²) in [6, 6.07) is 7.74. The van der Waals surface area contributed by atoms with E-state index in [0.717, 1.165) is 17.1 Å². The van der Waals surface area contributed by atoms with Gasteiger partial charge in [-0.3, -0.25) is 4.58 Å². The van der Waals surface area contributed by atoms with Crippen molar-refractivity contribution in [1.29, 1.82) is 0 Å². The third kappa shape index (κ3) is 1.82. The highest BCUT2D eigenvalue weighted by atomic mass is 16.5. The summed E-state index contributed by atoms with van der Waals surface area (Å²) in [6.45, 7) is 8.35. The number of hydrogen-bond donors (Lipinski definition) is 1. The molecular weight excluding hydrogens is 240 g/mol. The minimum atomic E-state index is -0.364. The van der Waals surface area contributed by atoms with Gasteiger partial charge in [0, 0.05) is 0 Å². The molecule has 1 aromatic carbocycles. The van der Waals surface area contributed by atoms with Gasteiger partial charge in [-0.25, -0.2) is 5.21 Å². The molecule has 19 heavy (non-hydrogen) atoms. The van der Waals surface area contributed by atoms with Crippen molar-refractivity contribution in [2.75, 3.05) is 14.2 Å². The zero-order chi connectivity index (χ0) is 14.4. The Kier molecular flexibility index (Phi) is 3.09. The molecule has 0 aliphatic carbocycles. The fourth-order valence-electron chi connectivity index (χ4n) is 2.40. The monoisotopic (exact) mass is 263 g/mol. The molecule has 0 atom stereocenters. The number of hydrogen-bond acceptors (Lipinski definition) is 3. The summed E-state index contributed by atoms with van der Waals surface area (Å²) in [5.74, 6) is 1.63. The average molecular weight is 263 g/mol. The van der Waals surface area contributed by atoms with Crippen LogP contribution in [0.5, 0.6) is 5.75 Å². The predicted molar refractivity (Wildman–Crippen MR) is 75.1 cm³/mol. The minimum Gasteiger partial charge on any atom is -0.497 e. The minimum absolute atomic E-state index is 0.170. The first-order valence-corrected chi connectivity index (χ1v) is 6.48. The van der Waals surface area contributed by atoms with E-state index in [1.165, 1.54) is 5.06 Å². The molecule has 4 heteroatoms. The number of benzene rings is 1. The number of ether oxygens (including phenoxy) is 1. The number of hydroxylamine groups is 2. The maximum atomic E-state index is 10.5. The van der Waals surface area contributed by atoms with E-state index in [2.05, 4.69) is 18.4 Å². The Hall–Kier alpha value is -1.55. The second-order valence-corrected chi connectivity index (χ2v) is 6.04. The zero-order valence-electron chi connectivity index (χ0n) is 12.6. The van der Waals surface area contributed by atoms with Gasteiger partial charge in [0.15, 0.2) is 5.54 Å². The fourth-order valence-corrected chi connectivity index (χ4v) is 2.40. The summed E-state index contributed by atoms with van der Waals surface area (Å²) in [6.07, 6.45) is 0. The van der Waals surface area contributed by atoms with Crippen molar-refractivity contribution in [3.63, 3.8) is 0 Å². The van der Waals surface area contributed by atoms with Crippen LogP contribution in [0.15, 0.2) is 24.3 Å². The van der Waals surface area contributed by atoms with Gasteiger partial charge in [-0.05, 0) is 52.0 Å². The topological polar surface area (TPSA) is 35.7 Å². The Labute approximate surface area is 114 Å². The molecule has 4 nitrogen and oxygen atoms in total. The third-order valence-corrected chi connectivity index (χ3v) is 4.73. The normalized spacial score (nSPS) is 20.9. The summed E-state index contributed by atoms with van der Waals surface area (Å²) in [5, 5.41) is 11.9. The van der Waals surface area contributed by atoms with Crippen molar-refractivity contribution in [2.45, 2.75) is 38.8 Å². The predicted octanol–water partition coefficient (Wildman–Crippen LogP) is 2.35. The van der Waals surface area contributed by atoms with E-state index in [0.29, 0.717) is 0 Å². The van der Waals surface area contributed by atoms with Crippen LogP contribution in [0.1, 0.15) is 33.3 Å². The molecule has 1 heterocycles. The van der Waals surface area contributed by atoms with Crippen LogP contribution < -0.4 is 4.74 Å². The Bertz CT molecular complexity index is 515. The van der Waals surface area contributed by atoms with E-state index in [4.69, 9.17) is 4.74 Å². The van der Waals surface area contributed by atoms with E-state index in [1.54, 1.807) is 7.11 Å². The van der Waals surface area contributed by atoms with Gasteiger partial charge in [0.05, 0.1) is 19.7 Å². The van der Waals surface area contributed by atoms with E-state index < -0.39 is 0 Å². The van der Waals surface area contributed by atoms with Crippen LogP contribution in [0, 0.1) is 0 Å². The van der Waals surface area contributed by atoms with Crippen LogP contribution in [0.4, 0.5) is 0 Å². The highest BCUT2D eigenvalue weighted by molar-refractivity contribution is 5.96. The van der Waals surface area contributed by atoms with Crippen LogP contribution in [0.2, 0.25) is 0 Å². The Morgan fingerprint density at radius 3 is 2.00 bits per heavy atom. The van der Waals surface area contributed by atoms with Crippen molar-refractivity contribution in [3.8, 4) is 5.75 Å². The van der Waals surface area contributed by atoms with Gasteiger partial charge >= 0.3 is 5.84 Å². The molecule has 0 spiro atoms. The molecule has 1 N–H and O–H groups in total. The van der Waals surface area contributed by atoms with Crippen LogP contribution >= 0.6 is 0 Å². The van der Waals surface area contributed by atoms with Gasteiger partial charge in [0.2, 0.25) is 0 Å². The average Bonchev–Trinajstić information content (AvgIpc) is 2.49. The Morgan fingerprint density at radius 2 is 1.63 bits per heavy atom. The van der Waals surface area contributed by atoms with E-state index in [9.17, 15) is 5.21 Å².